The van der Waals surface area contributed by atoms with Gasteiger partial charge in [-0.25, -0.2) is 0 Å². The Hall–Kier alpha value is -1.32. The highest BCUT2D eigenvalue weighted by atomic mass is 16.2. The van der Waals surface area contributed by atoms with Crippen LogP contribution in [-0.2, 0) is 9.59 Å². The molecule has 0 bridgehead atoms. The number of fused-ring (bicyclic) bond motifs is 1. The topological polar surface area (TPSA) is 40.6 Å². The van der Waals surface area contributed by atoms with Gasteiger partial charge in [-0.3, -0.25) is 9.59 Å². The minimum absolute atomic E-state index is 0.261. The molecule has 24 heavy (non-hydrogen) atoms. The molecule has 2 saturated heterocycles. The van der Waals surface area contributed by atoms with Crippen molar-refractivity contribution in [1.29, 1.82) is 0 Å². The zero-order valence-electron chi connectivity index (χ0n) is 14.8. The summed E-state index contributed by atoms with van der Waals surface area (Å²) >= 11 is 0. The Labute approximate surface area is 145 Å². The molecule has 3 fully saturated rings. The van der Waals surface area contributed by atoms with Crippen LogP contribution in [0.3, 0.4) is 0 Å². The fourth-order valence-corrected chi connectivity index (χ4v) is 5.41. The normalized spacial score (nSPS) is 31.8. The lowest BCUT2D eigenvalue weighted by Crippen LogP contribution is -2.56. The van der Waals surface area contributed by atoms with Crippen LogP contribution in [0.5, 0.6) is 0 Å². The van der Waals surface area contributed by atoms with Gasteiger partial charge in [0.25, 0.3) is 0 Å². The van der Waals surface area contributed by atoms with Gasteiger partial charge in [-0.2, -0.15) is 0 Å². The second-order valence-corrected chi connectivity index (χ2v) is 8.12. The van der Waals surface area contributed by atoms with Crippen molar-refractivity contribution in [2.75, 3.05) is 13.1 Å². The molecule has 4 heteroatoms. The van der Waals surface area contributed by atoms with Gasteiger partial charge in [-0.15, -0.1) is 0 Å². The van der Waals surface area contributed by atoms with Crippen LogP contribution in [0.2, 0.25) is 0 Å². The average Bonchev–Trinajstić information content (AvgIpc) is 3.16. The van der Waals surface area contributed by atoms with E-state index in [9.17, 15) is 9.59 Å². The predicted molar refractivity (Wildman–Crippen MR) is 93.1 cm³/mol. The molecule has 0 aromatic rings. The van der Waals surface area contributed by atoms with Crippen LogP contribution in [-0.4, -0.2) is 40.7 Å². The number of hydrogen-bond acceptors (Lipinski definition) is 2. The summed E-state index contributed by atoms with van der Waals surface area (Å²) in [7, 11) is 0. The molecule has 2 heterocycles. The number of carbonyl (C=O) groups is 2. The standard InChI is InChI=1S/C20H30N2O2/c23-18-11-13-20(19(24)21-14-6-1-7-15-21)12-5-4-10-17(20)22(18)16-8-2-3-9-16/h10,16H,1-9,11-15H2. The van der Waals surface area contributed by atoms with E-state index in [-0.39, 0.29) is 5.91 Å². The van der Waals surface area contributed by atoms with Crippen molar-refractivity contribution in [2.45, 2.75) is 83.1 Å². The molecule has 0 spiro atoms. The third kappa shape index (κ3) is 2.58. The molecule has 0 aromatic carbocycles. The van der Waals surface area contributed by atoms with Gasteiger partial charge in [0.15, 0.2) is 0 Å². The SMILES string of the molecule is O=C1CCC2(C(=O)N3CCCCC3)CCCC=C2N1C1CCCC1. The summed E-state index contributed by atoms with van der Waals surface area (Å²) in [6.07, 6.45) is 14.7. The molecule has 0 radical (unpaired) electrons. The lowest BCUT2D eigenvalue weighted by Gasteiger charge is -2.50. The molecule has 4 rings (SSSR count). The van der Waals surface area contributed by atoms with Crippen molar-refractivity contribution in [1.82, 2.24) is 9.80 Å². The van der Waals surface area contributed by atoms with Crippen LogP contribution in [0.1, 0.15) is 77.0 Å². The molecule has 1 atom stereocenters. The van der Waals surface area contributed by atoms with Gasteiger partial charge < -0.3 is 9.80 Å². The zero-order chi connectivity index (χ0) is 16.6. The number of rotatable bonds is 2. The number of amides is 2. The predicted octanol–water partition coefficient (Wildman–Crippen LogP) is 3.62. The summed E-state index contributed by atoms with van der Waals surface area (Å²) < 4.78 is 0. The Morgan fingerprint density at radius 2 is 1.75 bits per heavy atom. The summed E-state index contributed by atoms with van der Waals surface area (Å²) in [6.45, 7) is 1.82. The van der Waals surface area contributed by atoms with Crippen molar-refractivity contribution in [2.24, 2.45) is 5.41 Å². The van der Waals surface area contributed by atoms with Crippen LogP contribution in [0.15, 0.2) is 11.8 Å². The third-order valence-corrected chi connectivity index (χ3v) is 6.67. The first-order chi connectivity index (χ1) is 11.7. The molecule has 1 unspecified atom stereocenters. The fourth-order valence-electron chi connectivity index (χ4n) is 5.41. The summed E-state index contributed by atoms with van der Waals surface area (Å²) in [5.74, 6) is 0.584. The summed E-state index contributed by atoms with van der Waals surface area (Å²) in [5.41, 5.74) is 0.694. The van der Waals surface area contributed by atoms with E-state index in [4.69, 9.17) is 0 Å². The second kappa shape index (κ2) is 6.53. The first kappa shape index (κ1) is 16.2. The van der Waals surface area contributed by atoms with Gasteiger partial charge in [0.05, 0.1) is 5.41 Å². The van der Waals surface area contributed by atoms with E-state index in [1.807, 2.05) is 0 Å². The largest absolute Gasteiger partial charge is 0.342 e. The summed E-state index contributed by atoms with van der Waals surface area (Å²) in [5, 5.41) is 0. The second-order valence-electron chi connectivity index (χ2n) is 8.12. The molecule has 4 aliphatic rings. The lowest BCUT2D eigenvalue weighted by molar-refractivity contribution is -0.149. The Bertz CT molecular complexity index is 544. The minimum atomic E-state index is -0.397. The maximum atomic E-state index is 13.5. The molecular weight excluding hydrogens is 300 g/mol. The summed E-state index contributed by atoms with van der Waals surface area (Å²) in [6, 6.07) is 0.343. The lowest BCUT2D eigenvalue weighted by atomic mass is 9.68. The number of hydrogen-bond donors (Lipinski definition) is 0. The quantitative estimate of drug-likeness (QED) is 0.776. The molecule has 2 aliphatic carbocycles. The van der Waals surface area contributed by atoms with E-state index in [0.29, 0.717) is 18.4 Å². The Morgan fingerprint density at radius 1 is 1.00 bits per heavy atom. The third-order valence-electron chi connectivity index (χ3n) is 6.67. The highest BCUT2D eigenvalue weighted by Gasteiger charge is 2.52. The van der Waals surface area contributed by atoms with Crippen molar-refractivity contribution in [3.05, 3.63) is 11.8 Å². The van der Waals surface area contributed by atoms with E-state index in [1.165, 1.54) is 19.3 Å². The molecule has 0 N–H and O–H groups in total. The summed E-state index contributed by atoms with van der Waals surface area (Å²) in [4.78, 5) is 30.4. The first-order valence-corrected chi connectivity index (χ1v) is 10.0. The molecule has 2 amide bonds. The van der Waals surface area contributed by atoms with Gasteiger partial charge in [-0.1, -0.05) is 18.9 Å². The van der Waals surface area contributed by atoms with Crippen LogP contribution in [0.25, 0.3) is 0 Å². The molecule has 2 aliphatic heterocycles. The monoisotopic (exact) mass is 330 g/mol. The Kier molecular flexibility index (Phi) is 4.40. The smallest absolute Gasteiger partial charge is 0.234 e. The van der Waals surface area contributed by atoms with Crippen LogP contribution < -0.4 is 0 Å². The van der Waals surface area contributed by atoms with Crippen molar-refractivity contribution in [3.8, 4) is 0 Å². The molecule has 4 nitrogen and oxygen atoms in total. The van der Waals surface area contributed by atoms with Crippen molar-refractivity contribution >= 4 is 11.8 Å². The van der Waals surface area contributed by atoms with Crippen molar-refractivity contribution < 1.29 is 9.59 Å². The fraction of sp³-hybridized carbons (Fsp3) is 0.800. The average molecular weight is 330 g/mol. The Balaban J connectivity index is 1.66. The highest BCUT2D eigenvalue weighted by Crippen LogP contribution is 2.50. The number of nitrogens with zero attached hydrogens (tertiary/aromatic N) is 2. The first-order valence-electron chi connectivity index (χ1n) is 10.0. The van der Waals surface area contributed by atoms with E-state index in [1.54, 1.807) is 0 Å². The van der Waals surface area contributed by atoms with Crippen molar-refractivity contribution in [3.63, 3.8) is 0 Å². The number of allylic oxidation sites excluding steroid dienone is 1. The molecule has 1 saturated carbocycles. The molecule has 132 valence electrons. The van der Waals surface area contributed by atoms with E-state index < -0.39 is 5.41 Å². The Morgan fingerprint density at radius 3 is 2.50 bits per heavy atom. The number of piperidine rings is 2. The van der Waals surface area contributed by atoms with Gasteiger partial charge >= 0.3 is 0 Å². The van der Waals surface area contributed by atoms with E-state index in [2.05, 4.69) is 15.9 Å². The van der Waals surface area contributed by atoms with Crippen LogP contribution >= 0.6 is 0 Å². The van der Waals surface area contributed by atoms with Gasteiger partial charge in [0.2, 0.25) is 11.8 Å². The van der Waals surface area contributed by atoms with Gasteiger partial charge in [-0.05, 0) is 57.8 Å². The number of carbonyl (C=O) groups excluding carboxylic acids is 2. The minimum Gasteiger partial charge on any atom is -0.342 e. The molecular formula is C20H30N2O2. The van der Waals surface area contributed by atoms with E-state index in [0.717, 1.165) is 70.2 Å². The van der Waals surface area contributed by atoms with Crippen LogP contribution in [0, 0.1) is 5.41 Å². The maximum absolute atomic E-state index is 13.5. The highest BCUT2D eigenvalue weighted by molar-refractivity contribution is 5.91. The van der Waals surface area contributed by atoms with Gasteiger partial charge in [0.1, 0.15) is 0 Å². The van der Waals surface area contributed by atoms with Crippen LogP contribution in [0.4, 0.5) is 0 Å². The maximum Gasteiger partial charge on any atom is 0.234 e. The van der Waals surface area contributed by atoms with E-state index >= 15 is 0 Å². The molecule has 0 aromatic heterocycles. The zero-order valence-corrected chi connectivity index (χ0v) is 14.8. The van der Waals surface area contributed by atoms with Gasteiger partial charge in [0, 0.05) is 31.2 Å². The number of likely N-dealkylation sites (tertiary alicyclic amines) is 2.